The van der Waals surface area contributed by atoms with Gasteiger partial charge in [0.05, 0.1) is 6.10 Å². The Kier molecular flexibility index (Phi) is 12.0. The number of aliphatic imine (C=N–C) groups is 1. The van der Waals surface area contributed by atoms with Crippen LogP contribution in [0.25, 0.3) is 0 Å². The van der Waals surface area contributed by atoms with Crippen LogP contribution in [0.2, 0.25) is 0 Å². The topological polar surface area (TPSA) is 54.9 Å². The van der Waals surface area contributed by atoms with Crippen LogP contribution in [0.15, 0.2) is 4.99 Å². The van der Waals surface area contributed by atoms with Crippen LogP contribution < -0.4 is 10.6 Å². The van der Waals surface area contributed by atoms with Crippen LogP contribution >= 0.6 is 24.0 Å². The van der Waals surface area contributed by atoms with E-state index in [1.54, 1.807) is 0 Å². The normalized spacial score (nSPS) is 25.8. The van der Waals surface area contributed by atoms with E-state index in [9.17, 15) is 0 Å². The van der Waals surface area contributed by atoms with Crippen molar-refractivity contribution in [2.45, 2.75) is 70.9 Å². The van der Waals surface area contributed by atoms with Gasteiger partial charge in [-0.05, 0) is 44.9 Å². The summed E-state index contributed by atoms with van der Waals surface area (Å²) in [7, 11) is 0. The van der Waals surface area contributed by atoms with Crippen LogP contribution in [0.3, 0.4) is 0 Å². The molecule has 2 rings (SSSR count). The standard InChI is InChI=1S/C18H35N3O2.HI/c1-3-19-18(21-16-7-4-6-15(2)14-16)20-10-5-11-23-17-8-12-22-13-9-17;/h15-17H,3-14H2,1-2H3,(H2,19,20,21);1H. The summed E-state index contributed by atoms with van der Waals surface area (Å²) in [5.41, 5.74) is 0. The average molecular weight is 453 g/mol. The smallest absolute Gasteiger partial charge is 0.191 e. The zero-order valence-corrected chi connectivity index (χ0v) is 17.7. The summed E-state index contributed by atoms with van der Waals surface area (Å²) in [6, 6.07) is 0.579. The van der Waals surface area contributed by atoms with Gasteiger partial charge < -0.3 is 20.1 Å². The fourth-order valence-corrected chi connectivity index (χ4v) is 3.43. The summed E-state index contributed by atoms with van der Waals surface area (Å²) in [5.74, 6) is 1.80. The van der Waals surface area contributed by atoms with E-state index >= 15 is 0 Å². The van der Waals surface area contributed by atoms with E-state index in [0.717, 1.165) is 64.1 Å². The Labute approximate surface area is 164 Å². The third-order valence-corrected chi connectivity index (χ3v) is 4.72. The number of nitrogens with zero attached hydrogens (tertiary/aromatic N) is 1. The van der Waals surface area contributed by atoms with Gasteiger partial charge in [0, 0.05) is 39.0 Å². The quantitative estimate of drug-likeness (QED) is 0.269. The van der Waals surface area contributed by atoms with Crippen molar-refractivity contribution in [3.63, 3.8) is 0 Å². The lowest BCUT2D eigenvalue weighted by Gasteiger charge is -2.28. The average Bonchev–Trinajstić information content (AvgIpc) is 2.56. The minimum absolute atomic E-state index is 0. The van der Waals surface area contributed by atoms with E-state index < -0.39 is 0 Å². The fourth-order valence-electron chi connectivity index (χ4n) is 3.43. The molecule has 0 amide bonds. The first kappa shape index (κ1) is 22.0. The van der Waals surface area contributed by atoms with Crippen molar-refractivity contribution in [2.24, 2.45) is 10.9 Å². The van der Waals surface area contributed by atoms with E-state index in [4.69, 9.17) is 14.5 Å². The molecule has 6 heteroatoms. The molecule has 0 radical (unpaired) electrons. The van der Waals surface area contributed by atoms with Gasteiger partial charge in [-0.3, -0.25) is 4.99 Å². The highest BCUT2D eigenvalue weighted by atomic mass is 127. The van der Waals surface area contributed by atoms with E-state index in [-0.39, 0.29) is 24.0 Å². The summed E-state index contributed by atoms with van der Waals surface area (Å²) < 4.78 is 11.2. The minimum atomic E-state index is 0. The highest BCUT2D eigenvalue weighted by Gasteiger charge is 2.19. The van der Waals surface area contributed by atoms with Gasteiger partial charge >= 0.3 is 0 Å². The molecule has 2 unspecified atom stereocenters. The molecule has 24 heavy (non-hydrogen) atoms. The van der Waals surface area contributed by atoms with Crippen molar-refractivity contribution in [2.75, 3.05) is 32.9 Å². The summed E-state index contributed by atoms with van der Waals surface area (Å²) in [6.07, 6.45) is 8.67. The molecule has 142 valence electrons. The first-order valence-corrected chi connectivity index (χ1v) is 9.52. The lowest BCUT2D eigenvalue weighted by atomic mass is 9.87. The fraction of sp³-hybridized carbons (Fsp3) is 0.944. The number of halogens is 1. The Morgan fingerprint density at radius 1 is 1.21 bits per heavy atom. The number of rotatable bonds is 7. The molecule has 2 atom stereocenters. The zero-order valence-electron chi connectivity index (χ0n) is 15.4. The van der Waals surface area contributed by atoms with Gasteiger partial charge in [0.2, 0.25) is 0 Å². The Morgan fingerprint density at radius 2 is 2.00 bits per heavy atom. The highest BCUT2D eigenvalue weighted by Crippen LogP contribution is 2.23. The number of hydrogen-bond donors (Lipinski definition) is 2. The molecule has 1 aliphatic carbocycles. The molecule has 1 heterocycles. The minimum Gasteiger partial charge on any atom is -0.381 e. The molecule has 0 spiro atoms. The SMILES string of the molecule is CCNC(=NCCCOC1CCOCC1)NC1CCCC(C)C1.I. The van der Waals surface area contributed by atoms with Crippen molar-refractivity contribution in [3.8, 4) is 0 Å². The van der Waals surface area contributed by atoms with Crippen molar-refractivity contribution in [1.29, 1.82) is 0 Å². The molecule has 0 aromatic carbocycles. The Hall–Kier alpha value is -0.0800. The number of guanidine groups is 1. The molecule has 1 aliphatic heterocycles. The molecule has 5 nitrogen and oxygen atoms in total. The Balaban J connectivity index is 0.00000288. The predicted octanol–water partition coefficient (Wildman–Crippen LogP) is 3.32. The number of nitrogens with one attached hydrogen (secondary N) is 2. The van der Waals surface area contributed by atoms with Crippen LogP contribution in [0.1, 0.15) is 58.8 Å². The lowest BCUT2D eigenvalue weighted by molar-refractivity contribution is -0.0318. The molecule has 1 saturated heterocycles. The molecule has 2 fully saturated rings. The largest absolute Gasteiger partial charge is 0.381 e. The van der Waals surface area contributed by atoms with Gasteiger partial charge in [0.25, 0.3) is 0 Å². The van der Waals surface area contributed by atoms with E-state index in [1.165, 1.54) is 25.7 Å². The summed E-state index contributed by atoms with van der Waals surface area (Å²) in [6.45, 7) is 8.69. The molecule has 0 aromatic heterocycles. The van der Waals surface area contributed by atoms with E-state index in [0.29, 0.717) is 12.1 Å². The molecule has 1 saturated carbocycles. The monoisotopic (exact) mass is 453 g/mol. The van der Waals surface area contributed by atoms with Crippen LogP contribution in [-0.4, -0.2) is 51.0 Å². The van der Waals surface area contributed by atoms with Gasteiger partial charge in [0.15, 0.2) is 5.96 Å². The second kappa shape index (κ2) is 13.2. The zero-order chi connectivity index (χ0) is 16.3. The number of ether oxygens (including phenoxy) is 2. The van der Waals surface area contributed by atoms with Gasteiger partial charge in [0.1, 0.15) is 0 Å². The predicted molar refractivity (Wildman–Crippen MR) is 110 cm³/mol. The van der Waals surface area contributed by atoms with Gasteiger partial charge in [-0.2, -0.15) is 0 Å². The Bertz CT molecular complexity index is 349. The van der Waals surface area contributed by atoms with Crippen molar-refractivity contribution in [1.82, 2.24) is 10.6 Å². The second-order valence-corrected chi connectivity index (χ2v) is 6.91. The molecular formula is C18H36IN3O2. The van der Waals surface area contributed by atoms with Gasteiger partial charge in [-0.1, -0.05) is 19.8 Å². The lowest BCUT2D eigenvalue weighted by Crippen LogP contribution is -2.45. The first-order chi connectivity index (χ1) is 11.3. The highest BCUT2D eigenvalue weighted by molar-refractivity contribution is 14.0. The maximum absolute atomic E-state index is 5.90. The third-order valence-electron chi connectivity index (χ3n) is 4.72. The molecule has 2 N–H and O–H groups in total. The summed E-state index contributed by atoms with van der Waals surface area (Å²) >= 11 is 0. The van der Waals surface area contributed by atoms with Crippen molar-refractivity contribution >= 4 is 29.9 Å². The van der Waals surface area contributed by atoms with Crippen LogP contribution in [-0.2, 0) is 9.47 Å². The second-order valence-electron chi connectivity index (χ2n) is 6.91. The molecule has 0 bridgehead atoms. The van der Waals surface area contributed by atoms with E-state index in [1.807, 2.05) is 0 Å². The van der Waals surface area contributed by atoms with Crippen LogP contribution in [0, 0.1) is 5.92 Å². The van der Waals surface area contributed by atoms with Crippen LogP contribution in [0.5, 0.6) is 0 Å². The van der Waals surface area contributed by atoms with Crippen LogP contribution in [0.4, 0.5) is 0 Å². The third kappa shape index (κ3) is 8.85. The summed E-state index contributed by atoms with van der Waals surface area (Å²) in [5, 5.41) is 6.98. The molecule has 0 aromatic rings. The molecule has 2 aliphatic rings. The van der Waals surface area contributed by atoms with Crippen molar-refractivity contribution in [3.05, 3.63) is 0 Å². The van der Waals surface area contributed by atoms with E-state index in [2.05, 4.69) is 24.5 Å². The van der Waals surface area contributed by atoms with Gasteiger partial charge in [-0.15, -0.1) is 24.0 Å². The first-order valence-electron chi connectivity index (χ1n) is 9.52. The van der Waals surface area contributed by atoms with Crippen molar-refractivity contribution < 1.29 is 9.47 Å². The Morgan fingerprint density at radius 3 is 2.71 bits per heavy atom. The summed E-state index contributed by atoms with van der Waals surface area (Å²) in [4.78, 5) is 4.70. The molecular weight excluding hydrogens is 417 g/mol. The number of hydrogen-bond acceptors (Lipinski definition) is 3. The maximum Gasteiger partial charge on any atom is 0.191 e. The van der Waals surface area contributed by atoms with Gasteiger partial charge in [-0.25, -0.2) is 0 Å². The maximum atomic E-state index is 5.90.